The summed E-state index contributed by atoms with van der Waals surface area (Å²) in [4.78, 5) is 0. The molecule has 1 aliphatic rings. The molecule has 0 saturated carbocycles. The first-order valence-corrected chi connectivity index (χ1v) is 7.65. The molecule has 90 valence electrons. The summed E-state index contributed by atoms with van der Waals surface area (Å²) in [7, 11) is 0. The average molecular weight is 229 g/mol. The van der Waals surface area contributed by atoms with E-state index < -0.39 is 0 Å². The van der Waals surface area contributed by atoms with Crippen LogP contribution in [-0.4, -0.2) is 24.1 Å². The van der Waals surface area contributed by atoms with Crippen LogP contribution in [0.4, 0.5) is 0 Å². The van der Waals surface area contributed by atoms with Crippen LogP contribution in [0, 0.1) is 11.8 Å². The fraction of sp³-hybridized carbons (Fsp3) is 1.00. The molecule has 1 aliphatic heterocycles. The highest BCUT2D eigenvalue weighted by Gasteiger charge is 2.15. The lowest BCUT2D eigenvalue weighted by molar-refractivity contribution is 0.424. The van der Waals surface area contributed by atoms with Gasteiger partial charge in [0.2, 0.25) is 0 Å². The summed E-state index contributed by atoms with van der Waals surface area (Å²) in [6.07, 6.45) is 5.53. The van der Waals surface area contributed by atoms with Gasteiger partial charge in [0.1, 0.15) is 0 Å². The predicted octanol–water partition coefficient (Wildman–Crippen LogP) is 3.54. The molecule has 1 nitrogen and oxygen atoms in total. The summed E-state index contributed by atoms with van der Waals surface area (Å²) in [6.45, 7) is 8.21. The number of nitrogens with one attached hydrogen (secondary N) is 1. The highest BCUT2D eigenvalue weighted by molar-refractivity contribution is 7.99. The third-order valence-electron chi connectivity index (χ3n) is 3.20. The van der Waals surface area contributed by atoms with Crippen LogP contribution < -0.4 is 5.32 Å². The van der Waals surface area contributed by atoms with Crippen LogP contribution >= 0.6 is 11.8 Å². The van der Waals surface area contributed by atoms with Gasteiger partial charge in [-0.25, -0.2) is 0 Å². The lowest BCUT2D eigenvalue weighted by atomic mass is 10.0. The van der Waals surface area contributed by atoms with E-state index in [1.165, 1.54) is 43.7 Å². The van der Waals surface area contributed by atoms with E-state index in [4.69, 9.17) is 0 Å². The number of thioether (sulfide) groups is 1. The summed E-state index contributed by atoms with van der Waals surface area (Å²) >= 11 is 2.12. The number of hydrogen-bond acceptors (Lipinski definition) is 2. The molecule has 15 heavy (non-hydrogen) atoms. The van der Waals surface area contributed by atoms with E-state index in [2.05, 4.69) is 37.8 Å². The van der Waals surface area contributed by atoms with Crippen molar-refractivity contribution in [2.24, 2.45) is 11.8 Å². The summed E-state index contributed by atoms with van der Waals surface area (Å²) < 4.78 is 0. The Hall–Kier alpha value is 0.310. The molecule has 1 fully saturated rings. The fourth-order valence-electron chi connectivity index (χ4n) is 2.05. The molecule has 0 radical (unpaired) electrons. The second-order valence-electron chi connectivity index (χ2n) is 5.36. The van der Waals surface area contributed by atoms with Gasteiger partial charge in [-0.15, -0.1) is 0 Å². The highest BCUT2D eigenvalue weighted by Crippen LogP contribution is 2.22. The van der Waals surface area contributed by atoms with Crippen molar-refractivity contribution in [3.05, 3.63) is 0 Å². The number of rotatable bonds is 7. The Kier molecular flexibility index (Phi) is 6.74. The molecule has 0 aromatic carbocycles. The highest BCUT2D eigenvalue weighted by atomic mass is 32.2. The van der Waals surface area contributed by atoms with Crippen molar-refractivity contribution in [2.45, 2.75) is 52.5 Å². The fourth-order valence-corrected chi connectivity index (χ4v) is 3.33. The standard InChI is InChI=1S/C13H27NS/c1-11(2)5-4-6-12(3)14-9-13-7-8-15-10-13/h11-14H,4-10H2,1-3H3. The first kappa shape index (κ1) is 13.4. The van der Waals surface area contributed by atoms with E-state index >= 15 is 0 Å². The summed E-state index contributed by atoms with van der Waals surface area (Å²) in [6, 6.07) is 0.717. The van der Waals surface area contributed by atoms with Crippen LogP contribution in [0.1, 0.15) is 46.5 Å². The Morgan fingerprint density at radius 1 is 1.27 bits per heavy atom. The maximum atomic E-state index is 3.68. The molecule has 2 unspecified atom stereocenters. The van der Waals surface area contributed by atoms with Gasteiger partial charge < -0.3 is 5.32 Å². The van der Waals surface area contributed by atoms with E-state index in [1.54, 1.807) is 0 Å². The maximum Gasteiger partial charge on any atom is 0.00388 e. The van der Waals surface area contributed by atoms with E-state index in [0.717, 1.165) is 11.8 Å². The molecular weight excluding hydrogens is 202 g/mol. The van der Waals surface area contributed by atoms with Gasteiger partial charge in [-0.05, 0) is 49.7 Å². The van der Waals surface area contributed by atoms with Crippen molar-refractivity contribution in [3.63, 3.8) is 0 Å². The molecular formula is C13H27NS. The predicted molar refractivity (Wildman–Crippen MR) is 71.6 cm³/mol. The van der Waals surface area contributed by atoms with Crippen LogP contribution in [0.3, 0.4) is 0 Å². The monoisotopic (exact) mass is 229 g/mol. The van der Waals surface area contributed by atoms with Crippen molar-refractivity contribution in [2.75, 3.05) is 18.1 Å². The van der Waals surface area contributed by atoms with E-state index in [0.29, 0.717) is 6.04 Å². The molecule has 1 saturated heterocycles. The van der Waals surface area contributed by atoms with Crippen molar-refractivity contribution in [1.82, 2.24) is 5.32 Å². The van der Waals surface area contributed by atoms with Gasteiger partial charge >= 0.3 is 0 Å². The van der Waals surface area contributed by atoms with Crippen LogP contribution in [0.5, 0.6) is 0 Å². The van der Waals surface area contributed by atoms with Crippen molar-refractivity contribution >= 4 is 11.8 Å². The smallest absolute Gasteiger partial charge is 0.00388 e. The molecule has 0 aliphatic carbocycles. The minimum atomic E-state index is 0.717. The lowest BCUT2D eigenvalue weighted by Gasteiger charge is -2.17. The van der Waals surface area contributed by atoms with E-state index in [9.17, 15) is 0 Å². The van der Waals surface area contributed by atoms with E-state index in [1.807, 2.05) is 0 Å². The topological polar surface area (TPSA) is 12.0 Å². The van der Waals surface area contributed by atoms with Gasteiger partial charge in [0, 0.05) is 6.04 Å². The Labute approximate surface area is 99.8 Å². The van der Waals surface area contributed by atoms with Crippen molar-refractivity contribution in [3.8, 4) is 0 Å². The number of hydrogen-bond donors (Lipinski definition) is 1. The summed E-state index contributed by atoms with van der Waals surface area (Å²) in [5, 5.41) is 3.68. The van der Waals surface area contributed by atoms with Crippen molar-refractivity contribution < 1.29 is 0 Å². The Morgan fingerprint density at radius 2 is 2.07 bits per heavy atom. The molecule has 2 heteroatoms. The van der Waals surface area contributed by atoms with Gasteiger partial charge in [0.15, 0.2) is 0 Å². The minimum Gasteiger partial charge on any atom is -0.314 e. The zero-order valence-corrected chi connectivity index (χ0v) is 11.4. The SMILES string of the molecule is CC(C)CCCC(C)NCC1CCSC1. The Morgan fingerprint density at radius 3 is 2.67 bits per heavy atom. The first-order chi connectivity index (χ1) is 7.18. The zero-order chi connectivity index (χ0) is 11.1. The molecule has 0 aromatic heterocycles. The molecule has 0 bridgehead atoms. The lowest BCUT2D eigenvalue weighted by Crippen LogP contribution is -2.31. The first-order valence-electron chi connectivity index (χ1n) is 6.49. The maximum absolute atomic E-state index is 3.68. The third kappa shape index (κ3) is 6.47. The Balaban J connectivity index is 1.95. The molecule has 2 atom stereocenters. The molecule has 0 spiro atoms. The largest absolute Gasteiger partial charge is 0.314 e. The minimum absolute atomic E-state index is 0.717. The van der Waals surface area contributed by atoms with Crippen LogP contribution in [0.2, 0.25) is 0 Å². The summed E-state index contributed by atoms with van der Waals surface area (Å²) in [5.41, 5.74) is 0. The zero-order valence-electron chi connectivity index (χ0n) is 10.6. The van der Waals surface area contributed by atoms with Crippen LogP contribution in [-0.2, 0) is 0 Å². The second kappa shape index (κ2) is 7.56. The van der Waals surface area contributed by atoms with Gasteiger partial charge in [0.05, 0.1) is 0 Å². The second-order valence-corrected chi connectivity index (χ2v) is 6.51. The van der Waals surface area contributed by atoms with Gasteiger partial charge in [-0.2, -0.15) is 11.8 Å². The molecule has 0 amide bonds. The quantitative estimate of drug-likeness (QED) is 0.716. The average Bonchev–Trinajstić information content (AvgIpc) is 2.66. The van der Waals surface area contributed by atoms with Gasteiger partial charge in [0.25, 0.3) is 0 Å². The van der Waals surface area contributed by atoms with Crippen molar-refractivity contribution in [1.29, 1.82) is 0 Å². The van der Waals surface area contributed by atoms with Gasteiger partial charge in [-0.3, -0.25) is 0 Å². The van der Waals surface area contributed by atoms with Gasteiger partial charge in [-0.1, -0.05) is 26.7 Å². The van der Waals surface area contributed by atoms with E-state index in [-0.39, 0.29) is 0 Å². The molecule has 0 aromatic rings. The van der Waals surface area contributed by atoms with Crippen LogP contribution in [0.25, 0.3) is 0 Å². The molecule has 1 N–H and O–H groups in total. The molecule has 1 rings (SSSR count). The third-order valence-corrected chi connectivity index (χ3v) is 4.43. The molecule has 1 heterocycles. The Bertz CT molecular complexity index is 153. The summed E-state index contributed by atoms with van der Waals surface area (Å²) in [5.74, 6) is 4.57. The normalized spacial score (nSPS) is 23.6. The van der Waals surface area contributed by atoms with Crippen LogP contribution in [0.15, 0.2) is 0 Å².